The van der Waals surface area contributed by atoms with Gasteiger partial charge in [-0.2, -0.15) is 5.10 Å². The molecule has 0 unspecified atom stereocenters. The van der Waals surface area contributed by atoms with E-state index in [9.17, 15) is 4.79 Å². The second-order valence-corrected chi connectivity index (χ2v) is 6.18. The molecule has 0 spiro atoms. The average molecular weight is 376 g/mol. The van der Waals surface area contributed by atoms with E-state index in [0.717, 1.165) is 5.56 Å². The quantitative estimate of drug-likeness (QED) is 0.714. The molecule has 0 atom stereocenters. The van der Waals surface area contributed by atoms with Crippen LogP contribution in [0.5, 0.6) is 5.75 Å². The maximum atomic E-state index is 12.4. The number of carbonyl (C=O) groups excluding carboxylic acids is 1. The van der Waals surface area contributed by atoms with Crippen LogP contribution in [0.15, 0.2) is 54.7 Å². The largest absolute Gasteiger partial charge is 0.497 e. The zero-order valence-corrected chi connectivity index (χ0v) is 14.9. The van der Waals surface area contributed by atoms with Crippen molar-refractivity contribution in [1.29, 1.82) is 0 Å². The van der Waals surface area contributed by atoms with Crippen molar-refractivity contribution in [1.82, 2.24) is 9.78 Å². The second-order valence-electron chi connectivity index (χ2n) is 5.34. The highest BCUT2D eigenvalue weighted by Crippen LogP contribution is 2.22. The molecule has 1 N–H and O–H groups in total. The molecule has 2 aromatic carbocycles. The molecule has 3 aromatic rings. The normalized spacial score (nSPS) is 10.5. The Bertz CT molecular complexity index is 892. The standard InChI is InChI=1S/C18H15Cl2N3O2/c1-25-15-4-2-3-13(9-15)18(24)21-17-16(20)11-23(22-17)10-12-5-7-14(19)8-6-12/h2-9,11H,10H2,1H3,(H,21,22,24). The molecular weight excluding hydrogens is 361 g/mol. The summed E-state index contributed by atoms with van der Waals surface area (Å²) < 4.78 is 6.78. The molecule has 3 rings (SSSR count). The Labute approximate surface area is 155 Å². The van der Waals surface area contributed by atoms with Crippen molar-refractivity contribution >= 4 is 34.9 Å². The van der Waals surface area contributed by atoms with E-state index >= 15 is 0 Å². The van der Waals surface area contributed by atoms with E-state index in [2.05, 4.69) is 10.4 Å². The molecule has 1 heterocycles. The summed E-state index contributed by atoms with van der Waals surface area (Å²) in [4.78, 5) is 12.4. The van der Waals surface area contributed by atoms with Gasteiger partial charge in [0, 0.05) is 16.8 Å². The molecule has 25 heavy (non-hydrogen) atoms. The van der Waals surface area contributed by atoms with Crippen molar-refractivity contribution in [3.8, 4) is 5.75 Å². The van der Waals surface area contributed by atoms with Gasteiger partial charge in [0.15, 0.2) is 5.82 Å². The number of halogens is 2. The lowest BCUT2D eigenvalue weighted by Gasteiger charge is -2.05. The fraction of sp³-hybridized carbons (Fsp3) is 0.111. The number of nitrogens with zero attached hydrogens (tertiary/aromatic N) is 2. The summed E-state index contributed by atoms with van der Waals surface area (Å²) >= 11 is 12.1. The van der Waals surface area contributed by atoms with Crippen molar-refractivity contribution in [3.05, 3.63) is 75.9 Å². The maximum absolute atomic E-state index is 12.4. The number of benzene rings is 2. The molecule has 0 saturated carbocycles. The third-order valence-corrected chi connectivity index (χ3v) is 4.07. The molecular formula is C18H15Cl2N3O2. The highest BCUT2D eigenvalue weighted by atomic mass is 35.5. The number of anilines is 1. The number of hydrogen-bond acceptors (Lipinski definition) is 3. The minimum Gasteiger partial charge on any atom is -0.497 e. The van der Waals surface area contributed by atoms with Gasteiger partial charge in [0.25, 0.3) is 5.91 Å². The summed E-state index contributed by atoms with van der Waals surface area (Å²) in [5.74, 6) is 0.605. The average Bonchev–Trinajstić information content (AvgIpc) is 2.96. The monoisotopic (exact) mass is 375 g/mol. The summed E-state index contributed by atoms with van der Waals surface area (Å²) in [6.07, 6.45) is 1.66. The Balaban J connectivity index is 1.73. The van der Waals surface area contributed by atoms with E-state index in [4.69, 9.17) is 27.9 Å². The SMILES string of the molecule is COc1cccc(C(=O)Nc2nn(Cc3ccc(Cl)cc3)cc2Cl)c1. The summed E-state index contributed by atoms with van der Waals surface area (Å²) in [6.45, 7) is 0.520. The van der Waals surface area contributed by atoms with Gasteiger partial charge in [0.05, 0.1) is 13.7 Å². The number of hydrogen-bond donors (Lipinski definition) is 1. The lowest BCUT2D eigenvalue weighted by Crippen LogP contribution is -2.13. The lowest BCUT2D eigenvalue weighted by atomic mass is 10.2. The number of carbonyl (C=O) groups is 1. The number of amides is 1. The Morgan fingerprint density at radius 2 is 1.96 bits per heavy atom. The first-order valence-electron chi connectivity index (χ1n) is 7.48. The molecule has 0 saturated heterocycles. The van der Waals surface area contributed by atoms with Crippen molar-refractivity contribution in [3.63, 3.8) is 0 Å². The van der Waals surface area contributed by atoms with Crippen LogP contribution < -0.4 is 10.1 Å². The highest BCUT2D eigenvalue weighted by molar-refractivity contribution is 6.33. The Morgan fingerprint density at radius 1 is 1.20 bits per heavy atom. The minimum absolute atomic E-state index is 0.308. The predicted molar refractivity (Wildman–Crippen MR) is 98.7 cm³/mol. The van der Waals surface area contributed by atoms with E-state index in [1.54, 1.807) is 42.3 Å². The number of methoxy groups -OCH3 is 1. The van der Waals surface area contributed by atoms with Crippen molar-refractivity contribution in [2.24, 2.45) is 0 Å². The smallest absolute Gasteiger partial charge is 0.257 e. The van der Waals surface area contributed by atoms with Crippen LogP contribution in [0.25, 0.3) is 0 Å². The van der Waals surface area contributed by atoms with Gasteiger partial charge in [0.2, 0.25) is 0 Å². The Hall–Kier alpha value is -2.50. The van der Waals surface area contributed by atoms with E-state index in [1.165, 1.54) is 0 Å². The van der Waals surface area contributed by atoms with Crippen LogP contribution in [0.3, 0.4) is 0 Å². The number of aromatic nitrogens is 2. The second kappa shape index (κ2) is 7.59. The zero-order valence-electron chi connectivity index (χ0n) is 13.4. The van der Waals surface area contributed by atoms with Crippen LogP contribution in [0, 0.1) is 0 Å². The van der Waals surface area contributed by atoms with E-state index in [0.29, 0.717) is 33.7 Å². The number of ether oxygens (including phenoxy) is 1. The predicted octanol–water partition coefficient (Wildman–Crippen LogP) is 4.50. The van der Waals surface area contributed by atoms with Gasteiger partial charge >= 0.3 is 0 Å². The molecule has 1 aromatic heterocycles. The van der Waals surface area contributed by atoms with Gasteiger partial charge in [-0.3, -0.25) is 9.48 Å². The van der Waals surface area contributed by atoms with Crippen molar-refractivity contribution in [2.45, 2.75) is 6.54 Å². The van der Waals surface area contributed by atoms with Gasteiger partial charge in [-0.15, -0.1) is 0 Å². The summed E-state index contributed by atoms with van der Waals surface area (Å²) in [5, 5.41) is 8.08. The fourth-order valence-electron chi connectivity index (χ4n) is 2.28. The van der Waals surface area contributed by atoms with Crippen molar-refractivity contribution in [2.75, 3.05) is 12.4 Å². The fourth-order valence-corrected chi connectivity index (χ4v) is 2.61. The Morgan fingerprint density at radius 3 is 2.68 bits per heavy atom. The molecule has 7 heteroatoms. The molecule has 0 bridgehead atoms. The molecule has 0 fully saturated rings. The van der Waals surface area contributed by atoms with Gasteiger partial charge in [-0.25, -0.2) is 0 Å². The molecule has 0 aliphatic heterocycles. The third kappa shape index (κ3) is 4.32. The first-order chi connectivity index (χ1) is 12.0. The van der Waals surface area contributed by atoms with Gasteiger partial charge < -0.3 is 10.1 Å². The van der Waals surface area contributed by atoms with Gasteiger partial charge in [0.1, 0.15) is 10.8 Å². The molecule has 0 aliphatic rings. The molecule has 1 amide bonds. The summed E-state index contributed by atoms with van der Waals surface area (Å²) in [6, 6.07) is 14.3. The minimum atomic E-state index is -0.308. The number of nitrogens with one attached hydrogen (secondary N) is 1. The van der Waals surface area contributed by atoms with Crippen LogP contribution in [0.4, 0.5) is 5.82 Å². The topological polar surface area (TPSA) is 56.1 Å². The van der Waals surface area contributed by atoms with Crippen LogP contribution in [0.2, 0.25) is 10.0 Å². The first kappa shape index (κ1) is 17.3. The van der Waals surface area contributed by atoms with Gasteiger partial charge in [-0.1, -0.05) is 41.4 Å². The van der Waals surface area contributed by atoms with Crippen molar-refractivity contribution < 1.29 is 9.53 Å². The van der Waals surface area contributed by atoms with E-state index < -0.39 is 0 Å². The van der Waals surface area contributed by atoms with E-state index in [-0.39, 0.29) is 5.91 Å². The summed E-state index contributed by atoms with van der Waals surface area (Å²) in [5.41, 5.74) is 1.48. The molecule has 0 aliphatic carbocycles. The molecule has 0 radical (unpaired) electrons. The van der Waals surface area contributed by atoms with Crippen LogP contribution in [0.1, 0.15) is 15.9 Å². The molecule has 128 valence electrons. The first-order valence-corrected chi connectivity index (χ1v) is 8.23. The van der Waals surface area contributed by atoms with Crippen LogP contribution >= 0.6 is 23.2 Å². The third-order valence-electron chi connectivity index (χ3n) is 3.54. The maximum Gasteiger partial charge on any atom is 0.257 e. The highest BCUT2D eigenvalue weighted by Gasteiger charge is 2.13. The van der Waals surface area contributed by atoms with Crippen LogP contribution in [-0.4, -0.2) is 22.8 Å². The van der Waals surface area contributed by atoms with Gasteiger partial charge in [-0.05, 0) is 35.9 Å². The van der Waals surface area contributed by atoms with E-state index in [1.807, 2.05) is 24.3 Å². The van der Waals surface area contributed by atoms with Crippen LogP contribution in [-0.2, 0) is 6.54 Å². The number of rotatable bonds is 5. The zero-order chi connectivity index (χ0) is 17.8. The Kier molecular flexibility index (Phi) is 5.26. The molecule has 5 nitrogen and oxygen atoms in total. The lowest BCUT2D eigenvalue weighted by molar-refractivity contribution is 0.102. The summed E-state index contributed by atoms with van der Waals surface area (Å²) in [7, 11) is 1.55.